The van der Waals surface area contributed by atoms with Crippen molar-refractivity contribution in [3.05, 3.63) is 35.4 Å². The van der Waals surface area contributed by atoms with Crippen LogP contribution in [0.3, 0.4) is 0 Å². The van der Waals surface area contributed by atoms with Crippen molar-refractivity contribution in [3.8, 4) is 0 Å². The summed E-state index contributed by atoms with van der Waals surface area (Å²) < 4.78 is 0. The molecule has 0 spiro atoms. The largest absolute Gasteiger partial charge is 0.391 e. The fourth-order valence-electron chi connectivity index (χ4n) is 2.30. The van der Waals surface area contributed by atoms with E-state index in [-0.39, 0.29) is 11.5 Å². The number of fused-ring (bicyclic) bond motifs is 1. The lowest BCUT2D eigenvalue weighted by molar-refractivity contribution is 0.0610. The quantitative estimate of drug-likeness (QED) is 0.892. The Bertz CT molecular complexity index is 413. The molecule has 19 heavy (non-hydrogen) atoms. The molecule has 106 valence electrons. The molecule has 2 nitrogen and oxygen atoms in total. The zero-order valence-corrected chi connectivity index (χ0v) is 13.0. The minimum Gasteiger partial charge on any atom is -0.391 e. The molecule has 0 amide bonds. The molecule has 2 unspecified atom stereocenters. The van der Waals surface area contributed by atoms with Gasteiger partial charge in [0.25, 0.3) is 0 Å². The van der Waals surface area contributed by atoms with Crippen molar-refractivity contribution in [2.45, 2.75) is 39.3 Å². The SMILES string of the molecule is CC(C)(C)C(O)CNC1CSCCc2ccccc21. The highest BCUT2D eigenvalue weighted by Crippen LogP contribution is 2.28. The van der Waals surface area contributed by atoms with Crippen LogP contribution >= 0.6 is 11.8 Å². The van der Waals surface area contributed by atoms with Crippen molar-refractivity contribution in [1.29, 1.82) is 0 Å². The Hall–Kier alpha value is -0.510. The molecule has 3 heteroatoms. The molecule has 1 aromatic carbocycles. The van der Waals surface area contributed by atoms with Crippen LogP contribution in [0.25, 0.3) is 0 Å². The summed E-state index contributed by atoms with van der Waals surface area (Å²) in [5.74, 6) is 2.28. The third-order valence-electron chi connectivity index (χ3n) is 3.79. The second-order valence-electron chi connectivity index (χ2n) is 6.37. The van der Waals surface area contributed by atoms with Gasteiger partial charge in [-0.3, -0.25) is 0 Å². The monoisotopic (exact) mass is 279 g/mol. The topological polar surface area (TPSA) is 32.3 Å². The molecule has 2 rings (SSSR count). The summed E-state index contributed by atoms with van der Waals surface area (Å²) in [4.78, 5) is 0. The van der Waals surface area contributed by atoms with Gasteiger partial charge < -0.3 is 10.4 Å². The highest BCUT2D eigenvalue weighted by molar-refractivity contribution is 7.99. The van der Waals surface area contributed by atoms with Crippen molar-refractivity contribution in [2.24, 2.45) is 5.41 Å². The summed E-state index contributed by atoms with van der Waals surface area (Å²) in [5, 5.41) is 13.7. The summed E-state index contributed by atoms with van der Waals surface area (Å²) in [6.45, 7) is 6.89. The minimum absolute atomic E-state index is 0.0651. The van der Waals surface area contributed by atoms with Gasteiger partial charge in [-0.1, -0.05) is 45.0 Å². The highest BCUT2D eigenvalue weighted by Gasteiger charge is 2.24. The number of rotatable bonds is 3. The Balaban J connectivity index is 2.04. The maximum Gasteiger partial charge on any atom is 0.0712 e. The average Bonchev–Trinajstić information content (AvgIpc) is 2.57. The van der Waals surface area contributed by atoms with Gasteiger partial charge in [-0.25, -0.2) is 0 Å². The first-order chi connectivity index (χ1) is 8.98. The van der Waals surface area contributed by atoms with E-state index < -0.39 is 0 Å². The highest BCUT2D eigenvalue weighted by atomic mass is 32.2. The fraction of sp³-hybridized carbons (Fsp3) is 0.625. The van der Waals surface area contributed by atoms with Crippen molar-refractivity contribution in [1.82, 2.24) is 5.32 Å². The van der Waals surface area contributed by atoms with Crippen molar-refractivity contribution < 1.29 is 5.11 Å². The van der Waals surface area contributed by atoms with Gasteiger partial charge in [-0.2, -0.15) is 11.8 Å². The summed E-state index contributed by atoms with van der Waals surface area (Å²) in [6, 6.07) is 9.05. The van der Waals surface area contributed by atoms with Crippen molar-refractivity contribution in [3.63, 3.8) is 0 Å². The Labute approximate surface area is 121 Å². The summed E-state index contributed by atoms with van der Waals surface area (Å²) in [6.07, 6.45) is 0.842. The lowest BCUT2D eigenvalue weighted by Crippen LogP contribution is -2.38. The first kappa shape index (κ1) is 14.9. The molecule has 1 aliphatic rings. The Morgan fingerprint density at radius 2 is 2.11 bits per heavy atom. The van der Waals surface area contributed by atoms with E-state index in [1.54, 1.807) is 0 Å². The molecule has 0 saturated carbocycles. The van der Waals surface area contributed by atoms with Crippen LogP contribution in [0.2, 0.25) is 0 Å². The number of nitrogens with one attached hydrogen (secondary N) is 1. The summed E-state index contributed by atoms with van der Waals surface area (Å²) in [7, 11) is 0. The van der Waals surface area contributed by atoms with Gasteiger partial charge in [0.1, 0.15) is 0 Å². The Morgan fingerprint density at radius 3 is 2.84 bits per heavy atom. The van der Waals surface area contributed by atoms with E-state index in [2.05, 4.69) is 50.4 Å². The molecule has 0 saturated heterocycles. The first-order valence-corrected chi connectivity index (χ1v) is 8.21. The molecular weight excluding hydrogens is 254 g/mol. The number of thioether (sulfide) groups is 1. The van der Waals surface area contributed by atoms with E-state index in [4.69, 9.17) is 0 Å². The standard InChI is InChI=1S/C16H25NOS/c1-16(2,3)15(18)10-17-14-11-19-9-8-12-6-4-5-7-13(12)14/h4-7,14-15,17-18H,8-11H2,1-3H3. The van der Waals surface area contributed by atoms with Crippen LogP contribution in [0.5, 0.6) is 0 Å². The van der Waals surface area contributed by atoms with Gasteiger partial charge in [-0.15, -0.1) is 0 Å². The van der Waals surface area contributed by atoms with Crippen molar-refractivity contribution >= 4 is 11.8 Å². The smallest absolute Gasteiger partial charge is 0.0712 e. The first-order valence-electron chi connectivity index (χ1n) is 7.05. The number of aryl methyl sites for hydroxylation is 1. The lowest BCUT2D eigenvalue weighted by atomic mass is 9.89. The van der Waals surface area contributed by atoms with Gasteiger partial charge >= 0.3 is 0 Å². The Morgan fingerprint density at radius 1 is 1.37 bits per heavy atom. The van der Waals surface area contributed by atoms with Crippen LogP contribution in [0.4, 0.5) is 0 Å². The lowest BCUT2D eigenvalue weighted by Gasteiger charge is -2.28. The van der Waals surface area contributed by atoms with E-state index in [1.807, 2.05) is 11.8 Å². The molecule has 2 atom stereocenters. The molecule has 1 aromatic rings. The second kappa shape index (κ2) is 6.29. The fourth-order valence-corrected chi connectivity index (χ4v) is 3.37. The summed E-state index contributed by atoms with van der Waals surface area (Å²) >= 11 is 2.00. The van der Waals surface area contributed by atoms with E-state index in [0.717, 1.165) is 12.2 Å². The van der Waals surface area contributed by atoms with Gasteiger partial charge in [0, 0.05) is 18.3 Å². The van der Waals surface area contributed by atoms with Crippen LogP contribution in [-0.4, -0.2) is 29.3 Å². The van der Waals surface area contributed by atoms with Gasteiger partial charge in [0.15, 0.2) is 0 Å². The van der Waals surface area contributed by atoms with Gasteiger partial charge in [0.2, 0.25) is 0 Å². The molecule has 0 aromatic heterocycles. The van der Waals surface area contributed by atoms with E-state index in [9.17, 15) is 5.11 Å². The number of aliphatic hydroxyl groups excluding tert-OH is 1. The van der Waals surface area contributed by atoms with Crippen LogP contribution in [0.1, 0.15) is 37.9 Å². The predicted octanol–water partition coefficient (Wildman–Crippen LogP) is 3.01. The minimum atomic E-state index is -0.312. The van der Waals surface area contributed by atoms with E-state index in [1.165, 1.54) is 16.9 Å². The molecule has 2 N–H and O–H groups in total. The zero-order chi connectivity index (χ0) is 13.9. The Kier molecular flexibility index (Phi) is 4.93. The molecule has 0 bridgehead atoms. The maximum atomic E-state index is 10.2. The second-order valence-corrected chi connectivity index (χ2v) is 7.52. The molecule has 0 radical (unpaired) electrons. The maximum absolute atomic E-state index is 10.2. The average molecular weight is 279 g/mol. The van der Waals surface area contributed by atoms with E-state index >= 15 is 0 Å². The molecule has 0 fully saturated rings. The van der Waals surface area contributed by atoms with Crippen LogP contribution < -0.4 is 5.32 Å². The molecular formula is C16H25NOS. The number of aliphatic hydroxyl groups is 1. The number of hydrogen-bond donors (Lipinski definition) is 2. The number of benzene rings is 1. The van der Waals surface area contributed by atoms with Crippen molar-refractivity contribution in [2.75, 3.05) is 18.1 Å². The predicted molar refractivity (Wildman–Crippen MR) is 83.7 cm³/mol. The molecule has 1 heterocycles. The molecule has 1 aliphatic heterocycles. The van der Waals surface area contributed by atoms with Crippen LogP contribution in [0, 0.1) is 5.41 Å². The van der Waals surface area contributed by atoms with Gasteiger partial charge in [0.05, 0.1) is 6.10 Å². The zero-order valence-electron chi connectivity index (χ0n) is 12.1. The van der Waals surface area contributed by atoms with E-state index in [0.29, 0.717) is 12.6 Å². The summed E-state index contributed by atoms with van der Waals surface area (Å²) in [5.41, 5.74) is 2.80. The normalized spacial score (nSPS) is 21.6. The number of hydrogen-bond acceptors (Lipinski definition) is 3. The van der Waals surface area contributed by atoms with Crippen LogP contribution in [0.15, 0.2) is 24.3 Å². The molecule has 0 aliphatic carbocycles. The van der Waals surface area contributed by atoms with Gasteiger partial charge in [-0.05, 0) is 28.7 Å². The third-order valence-corrected chi connectivity index (χ3v) is 4.85. The van der Waals surface area contributed by atoms with Crippen LogP contribution in [-0.2, 0) is 6.42 Å². The third kappa shape index (κ3) is 3.98.